The Labute approximate surface area is 142 Å². The van der Waals surface area contributed by atoms with Crippen LogP contribution in [0, 0.1) is 11.6 Å². The van der Waals surface area contributed by atoms with Crippen molar-refractivity contribution in [2.24, 2.45) is 4.99 Å². The standard InChI is InChI=1S/C19H15F2N3O/c1-2-24-7-6-12-15(10-23-18(12)19(24)25)14-9-22-8-13(14)11-4-3-5-16(20)17(11)21/h3-8,10,23H,2,9H2,1H3. The first-order chi connectivity index (χ1) is 12.1. The lowest BCUT2D eigenvalue weighted by Gasteiger charge is -2.08. The molecule has 3 aromatic rings. The minimum Gasteiger partial charge on any atom is -0.356 e. The predicted molar refractivity (Wildman–Crippen MR) is 94.8 cm³/mol. The summed E-state index contributed by atoms with van der Waals surface area (Å²) < 4.78 is 29.4. The first kappa shape index (κ1) is 15.5. The van der Waals surface area contributed by atoms with Crippen molar-refractivity contribution in [3.63, 3.8) is 0 Å². The Balaban J connectivity index is 1.95. The Morgan fingerprint density at radius 1 is 1.24 bits per heavy atom. The van der Waals surface area contributed by atoms with Gasteiger partial charge in [-0.05, 0) is 24.6 Å². The largest absolute Gasteiger partial charge is 0.356 e. The fourth-order valence-electron chi connectivity index (χ4n) is 3.22. The molecule has 1 aromatic carbocycles. The number of hydrogen-bond donors (Lipinski definition) is 1. The van der Waals surface area contributed by atoms with Crippen molar-refractivity contribution < 1.29 is 8.78 Å². The molecule has 0 unspecified atom stereocenters. The molecule has 1 aliphatic heterocycles. The van der Waals surface area contributed by atoms with Crippen molar-refractivity contribution in [1.82, 2.24) is 9.55 Å². The van der Waals surface area contributed by atoms with Gasteiger partial charge in [0.1, 0.15) is 5.52 Å². The number of hydrogen-bond acceptors (Lipinski definition) is 2. The summed E-state index contributed by atoms with van der Waals surface area (Å²) in [6.07, 6.45) is 5.02. The third-order valence-corrected chi connectivity index (χ3v) is 4.52. The van der Waals surface area contributed by atoms with Crippen LogP contribution < -0.4 is 5.56 Å². The number of benzene rings is 1. The number of halogens is 2. The summed E-state index contributed by atoms with van der Waals surface area (Å²) in [5.41, 5.74) is 2.66. The quantitative estimate of drug-likeness (QED) is 0.778. The third-order valence-electron chi connectivity index (χ3n) is 4.52. The van der Waals surface area contributed by atoms with Gasteiger partial charge in [-0.1, -0.05) is 12.1 Å². The second-order valence-corrected chi connectivity index (χ2v) is 5.86. The fourth-order valence-corrected chi connectivity index (χ4v) is 3.22. The Morgan fingerprint density at radius 3 is 2.88 bits per heavy atom. The number of pyridine rings is 1. The molecule has 0 bridgehead atoms. The molecule has 1 N–H and O–H groups in total. The number of H-pyrrole nitrogens is 1. The number of rotatable bonds is 3. The van der Waals surface area contributed by atoms with E-state index in [1.54, 1.807) is 23.2 Å². The maximum atomic E-state index is 14.2. The van der Waals surface area contributed by atoms with Crippen molar-refractivity contribution in [2.45, 2.75) is 13.5 Å². The van der Waals surface area contributed by atoms with Gasteiger partial charge in [0, 0.05) is 47.2 Å². The van der Waals surface area contributed by atoms with E-state index < -0.39 is 11.6 Å². The zero-order chi connectivity index (χ0) is 17.6. The molecule has 3 heterocycles. The minimum absolute atomic E-state index is 0.107. The number of aryl methyl sites for hydroxylation is 1. The average Bonchev–Trinajstić information content (AvgIpc) is 3.24. The lowest BCUT2D eigenvalue weighted by Crippen LogP contribution is -2.18. The van der Waals surface area contributed by atoms with Gasteiger partial charge >= 0.3 is 0 Å². The van der Waals surface area contributed by atoms with Crippen LogP contribution in [0.25, 0.3) is 22.0 Å². The van der Waals surface area contributed by atoms with Crippen LogP contribution in [-0.2, 0) is 6.54 Å². The summed E-state index contributed by atoms with van der Waals surface area (Å²) in [5, 5.41) is 0.754. The summed E-state index contributed by atoms with van der Waals surface area (Å²) in [5.74, 6) is -1.79. The molecule has 1 aliphatic rings. The van der Waals surface area contributed by atoms with Crippen LogP contribution in [0.5, 0.6) is 0 Å². The van der Waals surface area contributed by atoms with Crippen molar-refractivity contribution >= 4 is 28.3 Å². The van der Waals surface area contributed by atoms with Crippen molar-refractivity contribution in [3.05, 3.63) is 69.8 Å². The summed E-state index contributed by atoms with van der Waals surface area (Å²) in [6.45, 7) is 2.83. The highest BCUT2D eigenvalue weighted by atomic mass is 19.2. The molecule has 6 heteroatoms. The number of allylic oxidation sites excluding steroid dienone is 1. The van der Waals surface area contributed by atoms with Gasteiger partial charge in [-0.15, -0.1) is 0 Å². The van der Waals surface area contributed by atoms with Gasteiger partial charge in [0.15, 0.2) is 11.6 Å². The molecular weight excluding hydrogens is 324 g/mol. The fraction of sp³-hybridized carbons (Fsp3) is 0.158. The topological polar surface area (TPSA) is 50.1 Å². The van der Waals surface area contributed by atoms with Gasteiger partial charge in [-0.2, -0.15) is 0 Å². The summed E-state index contributed by atoms with van der Waals surface area (Å²) in [7, 11) is 0. The van der Waals surface area contributed by atoms with Crippen LogP contribution in [0.1, 0.15) is 18.1 Å². The number of nitrogens with zero attached hydrogens (tertiary/aromatic N) is 2. The average molecular weight is 339 g/mol. The number of nitrogens with one attached hydrogen (secondary N) is 1. The zero-order valence-electron chi connectivity index (χ0n) is 13.5. The molecule has 2 aromatic heterocycles. The molecule has 4 nitrogen and oxygen atoms in total. The van der Waals surface area contributed by atoms with Gasteiger partial charge in [0.2, 0.25) is 0 Å². The summed E-state index contributed by atoms with van der Waals surface area (Å²) >= 11 is 0. The smallest absolute Gasteiger partial charge is 0.274 e. The highest BCUT2D eigenvalue weighted by Gasteiger charge is 2.21. The molecule has 126 valence electrons. The molecule has 0 fully saturated rings. The van der Waals surface area contributed by atoms with Crippen LogP contribution >= 0.6 is 0 Å². The zero-order valence-corrected chi connectivity index (χ0v) is 13.5. The Hall–Kier alpha value is -3.02. The number of fused-ring (bicyclic) bond motifs is 1. The second-order valence-electron chi connectivity index (χ2n) is 5.86. The van der Waals surface area contributed by atoms with Gasteiger partial charge in [0.25, 0.3) is 5.56 Å². The SMILES string of the molecule is CCn1ccc2c(C3=C(c4cccc(F)c4F)C=NC3)c[nH]c2c1=O. The van der Waals surface area contributed by atoms with Crippen molar-refractivity contribution in [1.29, 1.82) is 0 Å². The van der Waals surface area contributed by atoms with E-state index >= 15 is 0 Å². The molecule has 4 rings (SSSR count). The van der Waals surface area contributed by atoms with Crippen LogP contribution in [-0.4, -0.2) is 22.3 Å². The number of aliphatic imine (C=N–C) groups is 1. The summed E-state index contributed by atoms with van der Waals surface area (Å²) in [4.78, 5) is 19.7. The Kier molecular flexibility index (Phi) is 3.60. The van der Waals surface area contributed by atoms with Crippen LogP contribution in [0.2, 0.25) is 0 Å². The molecule has 0 spiro atoms. The normalized spacial score (nSPS) is 14.0. The van der Waals surface area contributed by atoms with Gasteiger partial charge in [0.05, 0.1) is 6.54 Å². The van der Waals surface area contributed by atoms with Gasteiger partial charge in [-0.25, -0.2) is 8.78 Å². The van der Waals surface area contributed by atoms with E-state index in [9.17, 15) is 13.6 Å². The first-order valence-electron chi connectivity index (χ1n) is 8.00. The highest BCUT2D eigenvalue weighted by Crippen LogP contribution is 2.34. The van der Waals surface area contributed by atoms with Crippen molar-refractivity contribution in [2.75, 3.05) is 6.54 Å². The predicted octanol–water partition coefficient (Wildman–Crippen LogP) is 3.62. The van der Waals surface area contributed by atoms with E-state index in [4.69, 9.17) is 0 Å². The lowest BCUT2D eigenvalue weighted by molar-refractivity contribution is 0.507. The van der Waals surface area contributed by atoms with Gasteiger partial charge in [-0.3, -0.25) is 9.79 Å². The van der Waals surface area contributed by atoms with Crippen LogP contribution in [0.4, 0.5) is 8.78 Å². The maximum absolute atomic E-state index is 14.2. The van der Waals surface area contributed by atoms with Gasteiger partial charge < -0.3 is 9.55 Å². The van der Waals surface area contributed by atoms with E-state index in [0.29, 0.717) is 24.2 Å². The van der Waals surface area contributed by atoms with Crippen LogP contribution in [0.15, 0.2) is 46.4 Å². The van der Waals surface area contributed by atoms with Crippen molar-refractivity contribution in [3.8, 4) is 0 Å². The Morgan fingerprint density at radius 2 is 2.08 bits per heavy atom. The molecule has 0 radical (unpaired) electrons. The molecular formula is C19H15F2N3O. The lowest BCUT2D eigenvalue weighted by atomic mass is 9.96. The second kappa shape index (κ2) is 5.81. The molecule has 0 aliphatic carbocycles. The third kappa shape index (κ3) is 2.33. The Bertz CT molecular complexity index is 1110. The minimum atomic E-state index is -0.894. The van der Waals surface area contributed by atoms with E-state index in [2.05, 4.69) is 9.98 Å². The van der Waals surface area contributed by atoms with E-state index in [1.165, 1.54) is 12.1 Å². The van der Waals surface area contributed by atoms with Crippen LogP contribution in [0.3, 0.4) is 0 Å². The molecule has 25 heavy (non-hydrogen) atoms. The molecule has 0 saturated heterocycles. The molecule has 0 atom stereocenters. The monoisotopic (exact) mass is 339 g/mol. The van der Waals surface area contributed by atoms with E-state index in [1.807, 2.05) is 13.0 Å². The molecule has 0 amide bonds. The first-order valence-corrected chi connectivity index (χ1v) is 8.00. The highest BCUT2D eigenvalue weighted by molar-refractivity contribution is 6.23. The number of aromatic amines is 1. The van der Waals surface area contributed by atoms with E-state index in [-0.39, 0.29) is 11.1 Å². The number of aromatic nitrogens is 2. The maximum Gasteiger partial charge on any atom is 0.274 e. The summed E-state index contributed by atoms with van der Waals surface area (Å²) in [6, 6.07) is 5.95. The molecule has 0 saturated carbocycles. The van der Waals surface area contributed by atoms with E-state index in [0.717, 1.165) is 22.6 Å².